The third-order valence-corrected chi connectivity index (χ3v) is 3.20. The molecule has 0 aromatic carbocycles. The molecule has 1 unspecified atom stereocenters. The van der Waals surface area contributed by atoms with Crippen molar-refractivity contribution in [1.82, 2.24) is 4.98 Å². The van der Waals surface area contributed by atoms with Crippen LogP contribution in [0.2, 0.25) is 0 Å². The highest BCUT2D eigenvalue weighted by Gasteiger charge is 2.20. The van der Waals surface area contributed by atoms with Crippen LogP contribution in [0.5, 0.6) is 0 Å². The second-order valence-corrected chi connectivity index (χ2v) is 6.27. The van der Waals surface area contributed by atoms with Gasteiger partial charge in [0.2, 0.25) is 0 Å². The van der Waals surface area contributed by atoms with E-state index < -0.39 is 5.97 Å². The Labute approximate surface area is 126 Å². The number of ether oxygens (including phenoxy) is 1. The summed E-state index contributed by atoms with van der Waals surface area (Å²) < 4.78 is 5.20. The minimum absolute atomic E-state index is 0.129. The maximum atomic E-state index is 11.3. The number of carbonyl (C=O) groups is 1. The smallest absolute Gasteiger partial charge is 0.335 e. The Bertz CT molecular complexity index is 475. The number of rotatable bonds is 7. The van der Waals surface area contributed by atoms with Crippen molar-refractivity contribution in [2.24, 2.45) is 0 Å². The number of hydrogen-bond acceptors (Lipinski definition) is 4. The summed E-state index contributed by atoms with van der Waals surface area (Å²) in [7, 11) is 1.66. The summed E-state index contributed by atoms with van der Waals surface area (Å²) in [5.74, 6) is -0.347. The zero-order valence-corrected chi connectivity index (χ0v) is 13.6. The molecule has 1 atom stereocenters. The summed E-state index contributed by atoms with van der Waals surface area (Å²) in [4.78, 5) is 15.9. The summed E-state index contributed by atoms with van der Waals surface area (Å²) in [6.07, 6.45) is 1.96. The van der Waals surface area contributed by atoms with Crippen molar-refractivity contribution in [3.8, 4) is 0 Å². The molecule has 1 heterocycles. The van der Waals surface area contributed by atoms with Gasteiger partial charge in [0.15, 0.2) is 0 Å². The van der Waals surface area contributed by atoms with Gasteiger partial charge in [-0.2, -0.15) is 0 Å². The molecule has 1 rings (SSSR count). The summed E-state index contributed by atoms with van der Waals surface area (Å²) in [5.41, 5.74) is 0.811. The van der Waals surface area contributed by atoms with Gasteiger partial charge in [-0.1, -0.05) is 34.1 Å². The zero-order valence-electron chi connectivity index (χ0n) is 13.6. The van der Waals surface area contributed by atoms with Crippen molar-refractivity contribution in [2.45, 2.75) is 52.0 Å². The molecular weight excluding hydrogens is 268 g/mol. The van der Waals surface area contributed by atoms with Gasteiger partial charge in [0, 0.05) is 18.2 Å². The largest absolute Gasteiger partial charge is 0.478 e. The van der Waals surface area contributed by atoms with Crippen LogP contribution < -0.4 is 5.32 Å². The molecule has 1 aromatic heterocycles. The van der Waals surface area contributed by atoms with Crippen molar-refractivity contribution < 1.29 is 14.6 Å². The van der Waals surface area contributed by atoms with E-state index in [9.17, 15) is 9.90 Å². The van der Waals surface area contributed by atoms with Gasteiger partial charge < -0.3 is 15.2 Å². The molecule has 118 valence electrons. The van der Waals surface area contributed by atoms with E-state index in [2.05, 4.69) is 17.2 Å². The molecule has 5 nitrogen and oxygen atoms in total. The van der Waals surface area contributed by atoms with E-state index in [4.69, 9.17) is 4.74 Å². The topological polar surface area (TPSA) is 71.5 Å². The Morgan fingerprint density at radius 2 is 2.10 bits per heavy atom. The fourth-order valence-electron chi connectivity index (χ4n) is 2.07. The summed E-state index contributed by atoms with van der Waals surface area (Å²) in [5, 5.41) is 12.5. The second kappa shape index (κ2) is 7.41. The van der Waals surface area contributed by atoms with Gasteiger partial charge in [-0.3, -0.25) is 0 Å². The first-order valence-electron chi connectivity index (χ1n) is 7.29. The van der Waals surface area contributed by atoms with Crippen molar-refractivity contribution in [2.75, 3.05) is 19.0 Å². The molecule has 0 aliphatic rings. The lowest BCUT2D eigenvalue weighted by Crippen LogP contribution is -2.26. The molecule has 5 heteroatoms. The number of carboxylic acids is 1. The van der Waals surface area contributed by atoms with E-state index >= 15 is 0 Å². The van der Waals surface area contributed by atoms with E-state index in [1.807, 2.05) is 20.8 Å². The first kappa shape index (κ1) is 17.4. The molecular formula is C16H26N2O3. The molecule has 0 bridgehead atoms. The SMILES string of the molecule is CCCC(COC)Nc1cc(C(=O)O)cc(C(C)(C)C)n1. The monoisotopic (exact) mass is 294 g/mol. The minimum atomic E-state index is -0.940. The van der Waals surface area contributed by atoms with Gasteiger partial charge >= 0.3 is 5.97 Å². The quantitative estimate of drug-likeness (QED) is 0.807. The Balaban J connectivity index is 3.10. The molecule has 0 saturated heterocycles. The van der Waals surface area contributed by atoms with Gasteiger partial charge in [-0.05, 0) is 18.6 Å². The van der Waals surface area contributed by atoms with Crippen LogP contribution >= 0.6 is 0 Å². The van der Waals surface area contributed by atoms with Gasteiger partial charge in [-0.25, -0.2) is 9.78 Å². The van der Waals surface area contributed by atoms with Crippen LogP contribution in [0.1, 0.15) is 56.6 Å². The standard InChI is InChI=1S/C16H26N2O3/c1-6-7-12(10-21-5)17-14-9-11(15(19)20)8-13(18-14)16(2,3)4/h8-9,12H,6-7,10H2,1-5H3,(H,17,18)(H,19,20). The Kier molecular flexibility index (Phi) is 6.15. The number of pyridine rings is 1. The van der Waals surface area contributed by atoms with Crippen LogP contribution in [0.25, 0.3) is 0 Å². The maximum absolute atomic E-state index is 11.3. The molecule has 0 spiro atoms. The minimum Gasteiger partial charge on any atom is -0.478 e. The van der Waals surface area contributed by atoms with Crippen LogP contribution in [-0.2, 0) is 10.2 Å². The highest BCUT2D eigenvalue weighted by molar-refractivity contribution is 5.88. The number of aromatic carboxylic acids is 1. The molecule has 0 fully saturated rings. The number of aromatic nitrogens is 1. The number of methoxy groups -OCH3 is 1. The predicted molar refractivity (Wildman–Crippen MR) is 84.1 cm³/mol. The number of hydrogen-bond donors (Lipinski definition) is 2. The highest BCUT2D eigenvalue weighted by Crippen LogP contribution is 2.24. The van der Waals surface area contributed by atoms with Gasteiger partial charge in [0.05, 0.1) is 18.2 Å². The summed E-state index contributed by atoms with van der Waals surface area (Å²) in [6.45, 7) is 8.72. The van der Waals surface area contributed by atoms with Gasteiger partial charge in [-0.15, -0.1) is 0 Å². The summed E-state index contributed by atoms with van der Waals surface area (Å²) in [6, 6.07) is 3.35. The van der Waals surface area contributed by atoms with Crippen molar-refractivity contribution in [3.63, 3.8) is 0 Å². The van der Waals surface area contributed by atoms with Crippen LogP contribution in [0.3, 0.4) is 0 Å². The zero-order chi connectivity index (χ0) is 16.0. The predicted octanol–water partition coefficient (Wildman–Crippen LogP) is 3.30. The molecule has 0 radical (unpaired) electrons. The van der Waals surface area contributed by atoms with E-state index in [-0.39, 0.29) is 17.0 Å². The van der Waals surface area contributed by atoms with Crippen molar-refractivity contribution in [1.29, 1.82) is 0 Å². The molecule has 21 heavy (non-hydrogen) atoms. The van der Waals surface area contributed by atoms with Gasteiger partial charge in [0.25, 0.3) is 0 Å². The highest BCUT2D eigenvalue weighted by atomic mass is 16.5. The third-order valence-electron chi connectivity index (χ3n) is 3.20. The Hall–Kier alpha value is -1.62. The van der Waals surface area contributed by atoms with E-state index in [0.29, 0.717) is 12.4 Å². The molecule has 0 aliphatic heterocycles. The molecule has 0 saturated carbocycles. The fraction of sp³-hybridized carbons (Fsp3) is 0.625. The van der Waals surface area contributed by atoms with E-state index in [1.54, 1.807) is 19.2 Å². The average Bonchev–Trinajstić information content (AvgIpc) is 2.38. The Morgan fingerprint density at radius 1 is 1.43 bits per heavy atom. The number of anilines is 1. The lowest BCUT2D eigenvalue weighted by atomic mass is 9.90. The number of carboxylic acid groups (broad SMARTS) is 1. The van der Waals surface area contributed by atoms with Crippen LogP contribution in [-0.4, -0.2) is 35.8 Å². The van der Waals surface area contributed by atoms with E-state index in [0.717, 1.165) is 18.5 Å². The first-order chi connectivity index (χ1) is 9.77. The fourth-order valence-corrected chi connectivity index (χ4v) is 2.07. The average molecular weight is 294 g/mol. The Morgan fingerprint density at radius 3 is 2.57 bits per heavy atom. The van der Waals surface area contributed by atoms with Crippen molar-refractivity contribution in [3.05, 3.63) is 23.4 Å². The summed E-state index contributed by atoms with van der Waals surface area (Å²) >= 11 is 0. The molecule has 1 aromatic rings. The first-order valence-corrected chi connectivity index (χ1v) is 7.29. The second-order valence-electron chi connectivity index (χ2n) is 6.27. The number of nitrogens with zero attached hydrogens (tertiary/aromatic N) is 1. The van der Waals surface area contributed by atoms with Crippen LogP contribution in [0.4, 0.5) is 5.82 Å². The molecule has 2 N–H and O–H groups in total. The van der Waals surface area contributed by atoms with Gasteiger partial charge in [0.1, 0.15) is 5.82 Å². The normalized spacial score (nSPS) is 13.0. The lowest BCUT2D eigenvalue weighted by molar-refractivity contribution is 0.0696. The third kappa shape index (κ3) is 5.34. The number of nitrogens with one attached hydrogen (secondary N) is 1. The van der Waals surface area contributed by atoms with Crippen LogP contribution in [0, 0.1) is 0 Å². The lowest BCUT2D eigenvalue weighted by Gasteiger charge is -2.22. The van der Waals surface area contributed by atoms with Crippen molar-refractivity contribution >= 4 is 11.8 Å². The molecule has 0 amide bonds. The maximum Gasteiger partial charge on any atom is 0.335 e. The van der Waals surface area contributed by atoms with Crippen LogP contribution in [0.15, 0.2) is 12.1 Å². The molecule has 0 aliphatic carbocycles. The van der Waals surface area contributed by atoms with E-state index in [1.165, 1.54) is 0 Å².